The van der Waals surface area contributed by atoms with E-state index in [1.807, 2.05) is 0 Å². The average Bonchev–Trinajstić information content (AvgIpc) is 3.12. The standard InChI is InChI=1S/C46H87NO3/c1-3-5-7-9-11-13-15-16-17-18-19-20-21-22-23-24-25-26-27-28-29-30-32-34-36-38-40-42-46(50)47-44(43-48)45(49)41-39-37-35-33-31-14-12-10-8-6-4-2/h15-16,18-19,21-22,44-45,48-49H,3-14,17,20,23-43H2,1-2H3,(H,47,50)/b16-15-,19-18-,22-21-. The quantitative estimate of drug-likeness (QED) is 0.0440. The van der Waals surface area contributed by atoms with E-state index >= 15 is 0 Å². The molecule has 2 unspecified atom stereocenters. The van der Waals surface area contributed by atoms with Crippen molar-refractivity contribution in [2.45, 2.75) is 244 Å². The zero-order chi connectivity index (χ0) is 36.4. The zero-order valence-corrected chi connectivity index (χ0v) is 33.7. The minimum atomic E-state index is -0.658. The molecule has 1 amide bonds. The third kappa shape index (κ3) is 37.9. The van der Waals surface area contributed by atoms with E-state index in [2.05, 4.69) is 55.6 Å². The highest BCUT2D eigenvalue weighted by molar-refractivity contribution is 5.76. The van der Waals surface area contributed by atoms with Crippen LogP contribution in [0.3, 0.4) is 0 Å². The van der Waals surface area contributed by atoms with Gasteiger partial charge in [0.2, 0.25) is 5.91 Å². The number of amides is 1. The lowest BCUT2D eigenvalue weighted by Gasteiger charge is -2.22. The van der Waals surface area contributed by atoms with Gasteiger partial charge in [0.05, 0.1) is 18.8 Å². The third-order valence-electron chi connectivity index (χ3n) is 10.2. The maximum Gasteiger partial charge on any atom is 0.220 e. The van der Waals surface area contributed by atoms with Crippen molar-refractivity contribution in [3.05, 3.63) is 36.5 Å². The maximum atomic E-state index is 12.4. The lowest BCUT2D eigenvalue weighted by molar-refractivity contribution is -0.123. The number of carbonyl (C=O) groups is 1. The lowest BCUT2D eigenvalue weighted by atomic mass is 10.0. The van der Waals surface area contributed by atoms with Crippen LogP contribution in [0, 0.1) is 0 Å². The molecule has 0 aliphatic rings. The molecule has 4 heteroatoms. The predicted octanol–water partition coefficient (Wildman–Crippen LogP) is 13.8. The van der Waals surface area contributed by atoms with E-state index in [4.69, 9.17) is 0 Å². The zero-order valence-electron chi connectivity index (χ0n) is 33.7. The molecule has 0 radical (unpaired) electrons. The van der Waals surface area contributed by atoms with Crippen molar-refractivity contribution in [2.24, 2.45) is 0 Å². The van der Waals surface area contributed by atoms with E-state index < -0.39 is 12.1 Å². The Morgan fingerprint density at radius 3 is 1.22 bits per heavy atom. The second-order valence-electron chi connectivity index (χ2n) is 15.1. The van der Waals surface area contributed by atoms with Gasteiger partial charge in [0, 0.05) is 6.42 Å². The molecular formula is C46H87NO3. The number of nitrogens with one attached hydrogen (secondary N) is 1. The van der Waals surface area contributed by atoms with Gasteiger partial charge in [0.15, 0.2) is 0 Å². The summed E-state index contributed by atoms with van der Waals surface area (Å²) >= 11 is 0. The smallest absolute Gasteiger partial charge is 0.220 e. The van der Waals surface area contributed by atoms with Gasteiger partial charge in [-0.3, -0.25) is 4.79 Å². The molecule has 4 nitrogen and oxygen atoms in total. The molecule has 0 aromatic carbocycles. The molecule has 294 valence electrons. The van der Waals surface area contributed by atoms with Crippen molar-refractivity contribution in [3.63, 3.8) is 0 Å². The fourth-order valence-corrected chi connectivity index (χ4v) is 6.72. The van der Waals surface area contributed by atoms with Crippen molar-refractivity contribution < 1.29 is 15.0 Å². The van der Waals surface area contributed by atoms with Crippen LogP contribution >= 0.6 is 0 Å². The summed E-state index contributed by atoms with van der Waals surface area (Å²) in [5.74, 6) is -0.0346. The van der Waals surface area contributed by atoms with E-state index in [1.54, 1.807) is 0 Å². The number of rotatable bonds is 40. The largest absolute Gasteiger partial charge is 0.394 e. The normalized spacial score (nSPS) is 13.3. The molecule has 0 spiro atoms. The summed E-state index contributed by atoms with van der Waals surface area (Å²) in [5, 5.41) is 23.1. The Labute approximate surface area is 312 Å². The number of aliphatic hydroxyl groups is 2. The summed E-state index contributed by atoms with van der Waals surface area (Å²) in [6.07, 6.45) is 55.1. The summed E-state index contributed by atoms with van der Waals surface area (Å²) in [7, 11) is 0. The second-order valence-corrected chi connectivity index (χ2v) is 15.1. The first-order valence-electron chi connectivity index (χ1n) is 22.2. The first-order chi connectivity index (χ1) is 24.7. The van der Waals surface area contributed by atoms with Crippen molar-refractivity contribution >= 4 is 5.91 Å². The van der Waals surface area contributed by atoms with Crippen LogP contribution in [0.15, 0.2) is 36.5 Å². The Kier molecular flexibility index (Phi) is 40.9. The number of hydrogen-bond acceptors (Lipinski definition) is 3. The van der Waals surface area contributed by atoms with Crippen LogP contribution in [0.4, 0.5) is 0 Å². The number of allylic oxidation sites excluding steroid dienone is 6. The van der Waals surface area contributed by atoms with Gasteiger partial charge in [0.25, 0.3) is 0 Å². The fourth-order valence-electron chi connectivity index (χ4n) is 6.72. The molecule has 0 aromatic rings. The Balaban J connectivity index is 3.49. The summed E-state index contributed by atoms with van der Waals surface area (Å²) in [6, 6.07) is -0.535. The molecule has 0 rings (SSSR count). The van der Waals surface area contributed by atoms with E-state index in [0.29, 0.717) is 12.8 Å². The predicted molar refractivity (Wildman–Crippen MR) is 221 cm³/mol. The fraction of sp³-hybridized carbons (Fsp3) is 0.848. The third-order valence-corrected chi connectivity index (χ3v) is 10.2. The van der Waals surface area contributed by atoms with E-state index in [9.17, 15) is 15.0 Å². The Morgan fingerprint density at radius 2 is 0.820 bits per heavy atom. The van der Waals surface area contributed by atoms with Crippen molar-refractivity contribution in [1.82, 2.24) is 5.32 Å². The SMILES string of the molecule is CCCCCCC/C=C\C/C=C\C/C=C\CCCCCCCCCCCCCCC(=O)NC(CO)C(O)CCCCCCCCCCCCC. The molecule has 0 fully saturated rings. The maximum absolute atomic E-state index is 12.4. The van der Waals surface area contributed by atoms with E-state index in [-0.39, 0.29) is 12.5 Å². The highest BCUT2D eigenvalue weighted by Gasteiger charge is 2.20. The number of carbonyl (C=O) groups excluding carboxylic acids is 1. The van der Waals surface area contributed by atoms with Crippen molar-refractivity contribution in [3.8, 4) is 0 Å². The van der Waals surface area contributed by atoms with Gasteiger partial charge in [0.1, 0.15) is 0 Å². The molecule has 0 saturated heterocycles. The van der Waals surface area contributed by atoms with Crippen LogP contribution in [0.25, 0.3) is 0 Å². The molecular weight excluding hydrogens is 615 g/mol. The molecule has 50 heavy (non-hydrogen) atoms. The van der Waals surface area contributed by atoms with Crippen LogP contribution in [0.2, 0.25) is 0 Å². The summed E-state index contributed by atoms with van der Waals surface area (Å²) in [4.78, 5) is 12.4. The first kappa shape index (κ1) is 48.6. The first-order valence-corrected chi connectivity index (χ1v) is 22.2. The topological polar surface area (TPSA) is 69.6 Å². The summed E-state index contributed by atoms with van der Waals surface area (Å²) < 4.78 is 0. The van der Waals surface area contributed by atoms with Crippen molar-refractivity contribution in [2.75, 3.05) is 6.61 Å². The summed E-state index contributed by atoms with van der Waals surface area (Å²) in [6.45, 7) is 4.34. The van der Waals surface area contributed by atoms with Gasteiger partial charge in [-0.15, -0.1) is 0 Å². The van der Waals surface area contributed by atoms with Crippen LogP contribution in [0.5, 0.6) is 0 Å². The van der Waals surface area contributed by atoms with Crippen LogP contribution in [-0.4, -0.2) is 34.9 Å². The molecule has 2 atom stereocenters. The highest BCUT2D eigenvalue weighted by atomic mass is 16.3. The average molecular weight is 702 g/mol. The molecule has 0 heterocycles. The van der Waals surface area contributed by atoms with E-state index in [1.165, 1.54) is 167 Å². The van der Waals surface area contributed by atoms with Gasteiger partial charge in [-0.2, -0.15) is 0 Å². The van der Waals surface area contributed by atoms with Gasteiger partial charge < -0.3 is 15.5 Å². The van der Waals surface area contributed by atoms with Crippen LogP contribution < -0.4 is 5.32 Å². The minimum absolute atomic E-state index is 0.0346. The molecule has 3 N–H and O–H groups in total. The second kappa shape index (κ2) is 42.0. The Bertz CT molecular complexity index is 760. The van der Waals surface area contributed by atoms with Gasteiger partial charge >= 0.3 is 0 Å². The molecule has 0 saturated carbocycles. The van der Waals surface area contributed by atoms with Gasteiger partial charge in [-0.1, -0.05) is 211 Å². The molecule has 0 bridgehead atoms. The monoisotopic (exact) mass is 702 g/mol. The lowest BCUT2D eigenvalue weighted by Crippen LogP contribution is -2.45. The van der Waals surface area contributed by atoms with E-state index in [0.717, 1.165) is 38.5 Å². The number of aliphatic hydroxyl groups excluding tert-OH is 2. The minimum Gasteiger partial charge on any atom is -0.394 e. The Morgan fingerprint density at radius 1 is 0.480 bits per heavy atom. The van der Waals surface area contributed by atoms with Gasteiger partial charge in [-0.25, -0.2) is 0 Å². The van der Waals surface area contributed by atoms with Gasteiger partial charge in [-0.05, 0) is 51.4 Å². The molecule has 0 aromatic heterocycles. The Hall–Kier alpha value is -1.39. The molecule has 0 aliphatic heterocycles. The highest BCUT2D eigenvalue weighted by Crippen LogP contribution is 2.15. The summed E-state index contributed by atoms with van der Waals surface area (Å²) in [5.41, 5.74) is 0. The number of unbranched alkanes of at least 4 members (excludes halogenated alkanes) is 27. The molecule has 0 aliphatic carbocycles. The number of hydrogen-bond donors (Lipinski definition) is 3. The van der Waals surface area contributed by atoms with Crippen LogP contribution in [0.1, 0.15) is 232 Å². The van der Waals surface area contributed by atoms with Crippen molar-refractivity contribution in [1.29, 1.82) is 0 Å². The van der Waals surface area contributed by atoms with Crippen LogP contribution in [-0.2, 0) is 4.79 Å².